The summed E-state index contributed by atoms with van der Waals surface area (Å²) in [5, 5.41) is 18.3. The summed E-state index contributed by atoms with van der Waals surface area (Å²) >= 11 is 0. The van der Waals surface area contributed by atoms with E-state index in [-0.39, 0.29) is 29.3 Å². The molecule has 0 bridgehead atoms. The third-order valence-corrected chi connectivity index (χ3v) is 6.27. The van der Waals surface area contributed by atoms with Gasteiger partial charge in [0.25, 0.3) is 11.6 Å². The predicted octanol–water partition coefficient (Wildman–Crippen LogP) is 3.74. The minimum absolute atomic E-state index is 0.0126. The van der Waals surface area contributed by atoms with Crippen LogP contribution in [0.4, 0.5) is 4.39 Å². The van der Waals surface area contributed by atoms with Crippen molar-refractivity contribution in [2.45, 2.75) is 33.2 Å². The lowest BCUT2D eigenvalue weighted by molar-refractivity contribution is -0.577. The highest BCUT2D eigenvalue weighted by Gasteiger charge is 2.47. The van der Waals surface area contributed by atoms with Gasteiger partial charge >= 0.3 is 5.91 Å². The van der Waals surface area contributed by atoms with Crippen LogP contribution in [-0.2, 0) is 16.1 Å². The number of imide groups is 1. The number of rotatable bonds is 6. The molecular formula is C29H25FN4O3. The Morgan fingerprint density at radius 2 is 1.68 bits per heavy atom. The number of benzene rings is 2. The number of hydrogen-bond donors (Lipinski definition) is 0. The normalized spacial score (nSPS) is 13.8. The zero-order valence-corrected chi connectivity index (χ0v) is 20.7. The fourth-order valence-electron chi connectivity index (χ4n) is 4.48. The van der Waals surface area contributed by atoms with Crippen molar-refractivity contribution in [3.05, 3.63) is 107 Å². The van der Waals surface area contributed by atoms with Crippen LogP contribution in [0.15, 0.2) is 79.1 Å². The number of amides is 2. The maximum Gasteiger partial charge on any atom is 0.327 e. The summed E-state index contributed by atoms with van der Waals surface area (Å²) in [6, 6.07) is 18.2. The van der Waals surface area contributed by atoms with Crippen LogP contribution in [0.25, 0.3) is 17.0 Å². The second-order valence-corrected chi connectivity index (χ2v) is 9.30. The molecule has 0 fully saturated rings. The molecule has 0 saturated heterocycles. The lowest BCUT2D eigenvalue weighted by atomic mass is 9.98. The number of pyridine rings is 1. The molecule has 5 rings (SSSR count). The highest BCUT2D eigenvalue weighted by molar-refractivity contribution is 6.44. The van der Waals surface area contributed by atoms with Crippen molar-refractivity contribution in [1.29, 1.82) is 0 Å². The smallest absolute Gasteiger partial charge is 0.327 e. The van der Waals surface area contributed by atoms with Crippen LogP contribution in [0.5, 0.6) is 5.88 Å². The van der Waals surface area contributed by atoms with Crippen LogP contribution in [0.1, 0.15) is 42.1 Å². The number of aromatic nitrogens is 3. The first-order valence-electron chi connectivity index (χ1n) is 11.9. The zero-order valence-electron chi connectivity index (χ0n) is 20.7. The SMILES string of the molecule is Cc1ccc[n+](C2=C(c3c(C(C)C)nn(-c4ccc(F)cc4)c3[O-])C(=O)N(Cc3ccccc3)C2=O)c1. The molecule has 3 heterocycles. The monoisotopic (exact) mass is 496 g/mol. The number of aryl methyl sites for hydroxylation is 1. The molecule has 1 aliphatic heterocycles. The van der Waals surface area contributed by atoms with Crippen molar-refractivity contribution >= 4 is 23.1 Å². The molecule has 1 aliphatic rings. The maximum absolute atomic E-state index is 13.9. The topological polar surface area (TPSA) is 82.1 Å². The maximum atomic E-state index is 13.9. The summed E-state index contributed by atoms with van der Waals surface area (Å²) in [5.41, 5.74) is 2.61. The highest BCUT2D eigenvalue weighted by atomic mass is 19.1. The van der Waals surface area contributed by atoms with Crippen molar-refractivity contribution in [3.8, 4) is 11.6 Å². The van der Waals surface area contributed by atoms with Crippen LogP contribution < -0.4 is 9.67 Å². The fraction of sp³-hybridized carbons (Fsp3) is 0.172. The van der Waals surface area contributed by atoms with Gasteiger partial charge in [0.15, 0.2) is 12.4 Å². The molecule has 0 N–H and O–H groups in total. The van der Waals surface area contributed by atoms with Crippen molar-refractivity contribution in [2.75, 3.05) is 0 Å². The number of carbonyl (C=O) groups is 2. The molecule has 7 nitrogen and oxygen atoms in total. The van der Waals surface area contributed by atoms with E-state index in [0.29, 0.717) is 11.4 Å². The number of halogens is 1. The Balaban J connectivity index is 1.74. The molecule has 0 radical (unpaired) electrons. The number of carbonyl (C=O) groups excluding carboxylic acids is 2. The summed E-state index contributed by atoms with van der Waals surface area (Å²) in [4.78, 5) is 28.9. The van der Waals surface area contributed by atoms with Gasteiger partial charge in [0.2, 0.25) is 0 Å². The van der Waals surface area contributed by atoms with Crippen molar-refractivity contribution < 1.29 is 23.7 Å². The first-order chi connectivity index (χ1) is 17.8. The summed E-state index contributed by atoms with van der Waals surface area (Å²) in [5.74, 6) is -2.27. The van der Waals surface area contributed by atoms with Gasteiger partial charge in [-0.25, -0.2) is 9.07 Å². The van der Waals surface area contributed by atoms with Crippen molar-refractivity contribution in [2.24, 2.45) is 0 Å². The van der Waals surface area contributed by atoms with Gasteiger partial charge in [-0.1, -0.05) is 44.2 Å². The first kappa shape index (κ1) is 24.1. The second kappa shape index (κ2) is 9.46. The van der Waals surface area contributed by atoms with Gasteiger partial charge in [-0.3, -0.25) is 14.5 Å². The molecule has 0 unspecified atom stereocenters. The molecule has 8 heteroatoms. The summed E-state index contributed by atoms with van der Waals surface area (Å²) in [6.07, 6.45) is 3.43. The van der Waals surface area contributed by atoms with E-state index in [0.717, 1.165) is 20.7 Å². The van der Waals surface area contributed by atoms with Crippen molar-refractivity contribution in [1.82, 2.24) is 14.7 Å². The van der Waals surface area contributed by atoms with Gasteiger partial charge in [0.05, 0.1) is 17.9 Å². The van der Waals surface area contributed by atoms with E-state index in [1.165, 1.54) is 24.3 Å². The third-order valence-electron chi connectivity index (χ3n) is 6.27. The molecule has 0 spiro atoms. The lowest BCUT2D eigenvalue weighted by Gasteiger charge is -2.16. The van der Waals surface area contributed by atoms with Crippen LogP contribution in [0.2, 0.25) is 0 Å². The van der Waals surface area contributed by atoms with E-state index >= 15 is 0 Å². The van der Waals surface area contributed by atoms with E-state index in [1.807, 2.05) is 57.2 Å². The number of nitrogens with zero attached hydrogens (tertiary/aromatic N) is 4. The van der Waals surface area contributed by atoms with E-state index in [1.54, 1.807) is 23.0 Å². The van der Waals surface area contributed by atoms with Crippen LogP contribution in [-0.4, -0.2) is 26.5 Å². The Labute approximate surface area is 213 Å². The fourth-order valence-corrected chi connectivity index (χ4v) is 4.48. The second-order valence-electron chi connectivity index (χ2n) is 9.30. The number of hydrogen-bond acceptors (Lipinski definition) is 4. The van der Waals surface area contributed by atoms with Gasteiger partial charge in [0, 0.05) is 17.2 Å². The third kappa shape index (κ3) is 4.31. The Morgan fingerprint density at radius 1 is 0.973 bits per heavy atom. The van der Waals surface area contributed by atoms with Gasteiger partial charge in [-0.2, -0.15) is 9.67 Å². The Morgan fingerprint density at radius 3 is 2.32 bits per heavy atom. The Kier molecular flexibility index (Phi) is 6.17. The van der Waals surface area contributed by atoms with Crippen LogP contribution >= 0.6 is 0 Å². The van der Waals surface area contributed by atoms with Gasteiger partial charge in [-0.15, -0.1) is 0 Å². The van der Waals surface area contributed by atoms with E-state index < -0.39 is 23.5 Å². The minimum atomic E-state index is -0.560. The molecule has 4 aromatic rings. The van der Waals surface area contributed by atoms with Gasteiger partial charge in [0.1, 0.15) is 11.4 Å². The average molecular weight is 497 g/mol. The molecule has 0 atom stereocenters. The summed E-state index contributed by atoms with van der Waals surface area (Å²) < 4.78 is 16.3. The summed E-state index contributed by atoms with van der Waals surface area (Å²) in [6.45, 7) is 5.67. The molecule has 2 aromatic carbocycles. The molecule has 186 valence electrons. The molecular weight excluding hydrogens is 471 g/mol. The first-order valence-corrected chi connectivity index (χ1v) is 11.9. The lowest BCUT2D eigenvalue weighted by Crippen LogP contribution is -2.39. The van der Waals surface area contributed by atoms with E-state index in [4.69, 9.17) is 0 Å². The Hall–Kier alpha value is -4.59. The van der Waals surface area contributed by atoms with Crippen molar-refractivity contribution in [3.63, 3.8) is 0 Å². The average Bonchev–Trinajstić information content (AvgIpc) is 3.34. The Bertz CT molecular complexity index is 1540. The van der Waals surface area contributed by atoms with E-state index in [9.17, 15) is 19.1 Å². The van der Waals surface area contributed by atoms with E-state index in [2.05, 4.69) is 5.10 Å². The minimum Gasteiger partial charge on any atom is -0.858 e. The van der Waals surface area contributed by atoms with Gasteiger partial charge in [-0.05, 0) is 54.6 Å². The molecule has 37 heavy (non-hydrogen) atoms. The molecule has 0 aliphatic carbocycles. The molecule has 2 aromatic heterocycles. The quantitative estimate of drug-likeness (QED) is 0.301. The molecule has 2 amide bonds. The molecule has 0 saturated carbocycles. The largest absolute Gasteiger partial charge is 0.858 e. The summed E-state index contributed by atoms with van der Waals surface area (Å²) in [7, 11) is 0. The van der Waals surface area contributed by atoms with Gasteiger partial charge < -0.3 is 5.11 Å². The predicted molar refractivity (Wildman–Crippen MR) is 134 cm³/mol. The highest BCUT2D eigenvalue weighted by Crippen LogP contribution is 2.39. The standard InChI is InChI=1S/C29H25FN4O3/c1-18(2)25-23(28(36)34(31-25)22-13-11-21(30)12-14-22)24-26(32-15-7-8-19(3)16-32)29(37)33(27(24)35)17-20-9-5-4-6-10-20/h4-16,18H,17H2,1-3H3. The van der Waals surface area contributed by atoms with Crippen LogP contribution in [0.3, 0.4) is 0 Å². The zero-order chi connectivity index (χ0) is 26.3. The van der Waals surface area contributed by atoms with Crippen LogP contribution in [0, 0.1) is 12.7 Å².